The Balaban J connectivity index is 1.02. The number of hydrogen-bond acceptors (Lipinski definition) is 14. The Hall–Kier alpha value is -4.77. The zero-order valence-electron chi connectivity index (χ0n) is 45.9. The molecule has 7 heterocycles. The second kappa shape index (κ2) is 20.5. The number of fused-ring (bicyclic) bond motifs is 6. The number of benzene rings is 2. The van der Waals surface area contributed by atoms with Gasteiger partial charge in [0.25, 0.3) is 5.91 Å². The van der Waals surface area contributed by atoms with Gasteiger partial charge in [0.05, 0.1) is 32.4 Å². The van der Waals surface area contributed by atoms with Gasteiger partial charge in [-0.15, -0.1) is 0 Å². The molecule has 9 atom stereocenters. The molecule has 6 aliphatic rings. The van der Waals surface area contributed by atoms with Gasteiger partial charge in [0.15, 0.2) is 27.4 Å². The zero-order chi connectivity index (χ0) is 54.1. The van der Waals surface area contributed by atoms with E-state index in [1.54, 1.807) is 31.3 Å². The van der Waals surface area contributed by atoms with Crippen molar-refractivity contribution < 1.29 is 33.4 Å². The minimum atomic E-state index is -2.22. The average Bonchev–Trinajstić information content (AvgIpc) is 4.11. The molecule has 2 aromatic carbocycles. The number of esters is 1. The van der Waals surface area contributed by atoms with Gasteiger partial charge in [-0.3, -0.25) is 19.4 Å². The van der Waals surface area contributed by atoms with Crippen LogP contribution in [0.15, 0.2) is 71.2 Å². The fraction of sp³-hybridized carbons (Fsp3) is 0.607. The maximum absolute atomic E-state index is 15.9. The molecule has 2 aromatic heterocycles. The average molecular weight is 1090 g/mol. The van der Waals surface area contributed by atoms with E-state index in [0.29, 0.717) is 68.9 Å². The number of aliphatic hydroxyl groups is 2. The summed E-state index contributed by atoms with van der Waals surface area (Å²) in [4.78, 5) is 54.1. The van der Waals surface area contributed by atoms with Crippen LogP contribution < -0.4 is 15.0 Å². The van der Waals surface area contributed by atoms with Crippen molar-refractivity contribution in [2.75, 3.05) is 70.8 Å². The molecule has 3 fully saturated rings. The molecule has 76 heavy (non-hydrogen) atoms. The molecule has 2 saturated heterocycles. The Morgan fingerprint density at radius 3 is 2.54 bits per heavy atom. The van der Waals surface area contributed by atoms with E-state index in [0.717, 1.165) is 82.1 Å². The molecular formula is C56H78N10O7SSi2. The summed E-state index contributed by atoms with van der Waals surface area (Å²) in [6.45, 7) is 17.3. The van der Waals surface area contributed by atoms with Crippen molar-refractivity contribution in [2.24, 2.45) is 16.4 Å². The second-order valence-electron chi connectivity index (χ2n) is 24.2. The number of methoxy groups -OCH3 is 2. The van der Waals surface area contributed by atoms with Crippen LogP contribution >= 0.6 is 11.8 Å². The Morgan fingerprint density at radius 1 is 1.04 bits per heavy atom. The zero-order valence-corrected chi connectivity index (χ0v) is 48.8. The number of carbonyl (C=O) groups excluding carboxylic acids is 2. The topological polar surface area (TPSA) is 214 Å². The number of piperidine rings is 1. The first-order valence-electron chi connectivity index (χ1n) is 27.4. The number of amides is 1. The SMILES string of the molecule is CC[C@]1(O)C[C@@H]2CN(CCc3c([nH]c4ccccc34)[C@@](C(=O)OC)(c3cc(OC)cc4c3[C@@]35CCN6CC=C[C@@](CC)(C[C@](O)(C(=O)NCCC[Si](C)(C)O[Si](C)(C)CSc7ncc(CN=[N+]=[N-])cn7)[C@@H]3N4C)[C@H]65)C2)C1. The maximum atomic E-state index is 15.9. The molecule has 1 spiro atoms. The van der Waals surface area contributed by atoms with Crippen LogP contribution in [-0.4, -0.2) is 153 Å². The summed E-state index contributed by atoms with van der Waals surface area (Å²) >= 11 is 1.58. The fourth-order valence-electron chi connectivity index (χ4n) is 15.6. The van der Waals surface area contributed by atoms with E-state index in [-0.39, 0.29) is 36.8 Å². The molecule has 1 saturated carbocycles. The van der Waals surface area contributed by atoms with Gasteiger partial charge in [-0.25, -0.2) is 9.97 Å². The number of azide groups is 1. The quantitative estimate of drug-likeness (QED) is 0.00906. The van der Waals surface area contributed by atoms with E-state index >= 15 is 9.59 Å². The first-order valence-corrected chi connectivity index (χ1v) is 34.6. The fourth-order valence-corrected chi connectivity index (χ4v) is 26.0. The number of nitrogens with zero attached hydrogens (tertiary/aromatic N) is 8. The first-order chi connectivity index (χ1) is 36.2. The van der Waals surface area contributed by atoms with Crippen molar-refractivity contribution in [1.29, 1.82) is 0 Å². The van der Waals surface area contributed by atoms with Crippen molar-refractivity contribution in [1.82, 2.24) is 30.1 Å². The summed E-state index contributed by atoms with van der Waals surface area (Å²) < 4.78 is 19.4. The van der Waals surface area contributed by atoms with E-state index in [1.807, 2.05) is 13.1 Å². The number of H-pyrrole nitrogens is 1. The Labute approximate surface area is 453 Å². The Kier molecular flexibility index (Phi) is 14.7. The highest BCUT2D eigenvalue weighted by atomic mass is 32.2. The molecule has 0 radical (unpaired) electrons. The number of rotatable bonds is 17. The third-order valence-corrected chi connectivity index (χ3v) is 28.2. The summed E-state index contributed by atoms with van der Waals surface area (Å²) in [6, 6.07) is 12.4. The lowest BCUT2D eigenvalue weighted by Gasteiger charge is -2.61. The molecule has 2 bridgehead atoms. The van der Waals surface area contributed by atoms with E-state index in [9.17, 15) is 10.2 Å². The standard InChI is InChI=1S/C56H78N10O7SSi2/c1-10-52-19-14-22-66-24-20-54(47(52)66)45-42(55(50(68)72-5)29-37-28-53(69,11-2)35-65(33-37)23-18-41-40-16-12-13-17-43(40)62-46(41)55)26-39(71-4)27-44(45)64(3)48(54)56(70,34-52)49(67)58-21-15-25-75(6,7)73-76(8,9)36-74-51-59-30-38(31-60-51)32-61-63-57/h12-14,16-17,19,26-27,30-31,37,47-48,62,69-70H,10-11,15,18,20-25,28-29,32-36H2,1-9H3,(H,58,67)/t37-,47-,48+,52-,53-,54+,55-,56+/m0/s1. The lowest BCUT2D eigenvalue weighted by molar-refractivity contribution is -0.160. The first kappa shape index (κ1) is 54.6. The molecule has 20 heteroatoms. The molecule has 5 aliphatic heterocycles. The summed E-state index contributed by atoms with van der Waals surface area (Å²) in [7, 11) is 0.771. The van der Waals surface area contributed by atoms with Crippen molar-refractivity contribution in [2.45, 2.75) is 143 Å². The second-order valence-corrected chi connectivity index (χ2v) is 34.3. The molecule has 10 rings (SSSR count). The lowest BCUT2D eigenvalue weighted by Crippen LogP contribution is -2.75. The number of para-hydroxylation sites is 1. The number of anilines is 1. The van der Waals surface area contributed by atoms with E-state index in [1.165, 1.54) is 7.11 Å². The van der Waals surface area contributed by atoms with Crippen LogP contribution in [0.25, 0.3) is 21.3 Å². The van der Waals surface area contributed by atoms with Crippen LogP contribution in [0, 0.1) is 11.3 Å². The Morgan fingerprint density at radius 2 is 1.82 bits per heavy atom. The number of ether oxygens (including phenoxy) is 2. The van der Waals surface area contributed by atoms with Crippen LogP contribution in [0.1, 0.15) is 86.7 Å². The highest BCUT2D eigenvalue weighted by Crippen LogP contribution is 2.69. The van der Waals surface area contributed by atoms with Crippen molar-refractivity contribution >= 4 is 56.9 Å². The van der Waals surface area contributed by atoms with Crippen LogP contribution in [0.3, 0.4) is 0 Å². The van der Waals surface area contributed by atoms with Crippen LogP contribution in [0.4, 0.5) is 5.69 Å². The number of thioether (sulfide) groups is 1. The van der Waals surface area contributed by atoms with Gasteiger partial charge in [0.2, 0.25) is 0 Å². The van der Waals surface area contributed by atoms with Crippen LogP contribution in [0.5, 0.6) is 5.75 Å². The van der Waals surface area contributed by atoms with Gasteiger partial charge >= 0.3 is 5.97 Å². The minimum Gasteiger partial charge on any atom is -0.497 e. The summed E-state index contributed by atoms with van der Waals surface area (Å²) in [6.07, 6.45) is 12.4. The van der Waals surface area contributed by atoms with Gasteiger partial charge in [-0.2, -0.15) is 0 Å². The van der Waals surface area contributed by atoms with Gasteiger partial charge < -0.3 is 39.0 Å². The van der Waals surface area contributed by atoms with Crippen molar-refractivity contribution in [3.05, 3.63) is 99.3 Å². The summed E-state index contributed by atoms with van der Waals surface area (Å²) in [5.41, 5.74) is 9.22. The lowest BCUT2D eigenvalue weighted by atomic mass is 9.48. The van der Waals surface area contributed by atoms with Gasteiger partial charge in [-0.05, 0) is 136 Å². The van der Waals surface area contributed by atoms with Gasteiger partial charge in [0, 0.05) is 108 Å². The summed E-state index contributed by atoms with van der Waals surface area (Å²) in [5.74, 6) is -0.280. The highest BCUT2D eigenvalue weighted by Gasteiger charge is 2.76. The number of aromatic nitrogens is 3. The van der Waals surface area contributed by atoms with Crippen molar-refractivity contribution in [3.63, 3.8) is 0 Å². The van der Waals surface area contributed by atoms with E-state index in [4.69, 9.17) is 19.1 Å². The van der Waals surface area contributed by atoms with Crippen LogP contribution in [0.2, 0.25) is 32.2 Å². The van der Waals surface area contributed by atoms with Crippen LogP contribution in [-0.2, 0) is 42.2 Å². The highest BCUT2D eigenvalue weighted by molar-refractivity contribution is 8.00. The number of likely N-dealkylation sites (N-methyl/N-ethyl adjacent to an activating group) is 1. The largest absolute Gasteiger partial charge is 0.497 e. The molecule has 4 aromatic rings. The molecule has 1 aliphatic carbocycles. The predicted molar refractivity (Wildman–Crippen MR) is 302 cm³/mol. The normalized spacial score (nSPS) is 30.8. The minimum absolute atomic E-state index is 0.0903. The molecule has 1 unspecified atom stereocenters. The third-order valence-electron chi connectivity index (χ3n) is 18.4. The van der Waals surface area contributed by atoms with Crippen molar-refractivity contribution in [3.8, 4) is 5.75 Å². The number of nitrogens with one attached hydrogen (secondary N) is 2. The van der Waals surface area contributed by atoms with E-state index in [2.05, 4.69) is 128 Å². The predicted octanol–water partition coefficient (Wildman–Crippen LogP) is 8.14. The van der Waals surface area contributed by atoms with E-state index < -0.39 is 50.1 Å². The molecule has 1 amide bonds. The number of hydrogen-bond donors (Lipinski definition) is 4. The maximum Gasteiger partial charge on any atom is 0.322 e. The number of carbonyl (C=O) groups is 2. The molecule has 408 valence electrons. The monoisotopic (exact) mass is 1090 g/mol. The molecule has 17 nitrogen and oxygen atoms in total. The smallest absolute Gasteiger partial charge is 0.322 e. The summed E-state index contributed by atoms with van der Waals surface area (Å²) in [5, 5.41) is 35.6. The number of aromatic amines is 1. The van der Waals surface area contributed by atoms with Gasteiger partial charge in [-0.1, -0.05) is 61.1 Å². The Bertz CT molecular complexity index is 2960. The van der Waals surface area contributed by atoms with Gasteiger partial charge in [0.1, 0.15) is 11.2 Å². The third kappa shape index (κ3) is 9.19. The molecular weight excluding hydrogens is 1010 g/mol. The molecule has 4 N–H and O–H groups in total.